The number of hydrogen-bond donors (Lipinski definition) is 2. The van der Waals surface area contributed by atoms with Gasteiger partial charge in [-0.2, -0.15) is 0 Å². The number of ether oxygens (including phenoxy) is 1. The van der Waals surface area contributed by atoms with Crippen molar-refractivity contribution in [2.45, 2.75) is 32.4 Å². The first-order chi connectivity index (χ1) is 16.0. The SMILES string of the molecule is O=C(O)C(=O)O.c1ccc(COc2nn(CCN3CCCCC3)cc2-c2ccccc2)cc1. The van der Waals surface area contributed by atoms with Crippen LogP contribution in [0.2, 0.25) is 0 Å². The van der Waals surface area contributed by atoms with E-state index >= 15 is 0 Å². The number of carboxylic acids is 2. The number of aromatic nitrogens is 2. The number of benzene rings is 2. The number of hydrogen-bond acceptors (Lipinski definition) is 5. The standard InChI is InChI=1S/C23H27N3O.C2H2O4/c1-4-10-20(11-5-1)19-27-23-22(21-12-6-2-7-13-21)18-26(24-23)17-16-25-14-8-3-9-15-25;3-1(4)2(5)6/h1-2,4-7,10-13,18H,3,8-9,14-17,19H2;(H,3,4)(H,5,6). The monoisotopic (exact) mass is 451 g/mol. The minimum atomic E-state index is -1.82. The third-order valence-corrected chi connectivity index (χ3v) is 5.31. The molecular formula is C25H29N3O5. The van der Waals surface area contributed by atoms with Crippen LogP contribution in [-0.4, -0.2) is 56.5 Å². The average molecular weight is 452 g/mol. The molecule has 0 amide bonds. The van der Waals surface area contributed by atoms with Crippen molar-refractivity contribution in [1.29, 1.82) is 0 Å². The molecule has 0 aliphatic carbocycles. The third kappa shape index (κ3) is 7.76. The van der Waals surface area contributed by atoms with Gasteiger partial charge in [0.15, 0.2) is 0 Å². The molecule has 33 heavy (non-hydrogen) atoms. The summed E-state index contributed by atoms with van der Waals surface area (Å²) in [6.07, 6.45) is 6.13. The van der Waals surface area contributed by atoms with Crippen LogP contribution in [0.3, 0.4) is 0 Å². The number of rotatable bonds is 7. The molecule has 3 aromatic rings. The highest BCUT2D eigenvalue weighted by Gasteiger charge is 2.15. The number of likely N-dealkylation sites (tertiary alicyclic amines) is 1. The summed E-state index contributed by atoms with van der Waals surface area (Å²) in [6.45, 7) is 4.90. The number of carbonyl (C=O) groups is 2. The molecule has 2 aromatic carbocycles. The quantitative estimate of drug-likeness (QED) is 0.527. The van der Waals surface area contributed by atoms with E-state index in [4.69, 9.17) is 29.6 Å². The highest BCUT2D eigenvalue weighted by molar-refractivity contribution is 6.27. The molecule has 0 atom stereocenters. The van der Waals surface area contributed by atoms with E-state index in [1.807, 2.05) is 28.9 Å². The molecule has 8 nitrogen and oxygen atoms in total. The fourth-order valence-corrected chi connectivity index (χ4v) is 3.59. The van der Waals surface area contributed by atoms with Gasteiger partial charge in [0.1, 0.15) is 6.61 Å². The lowest BCUT2D eigenvalue weighted by atomic mass is 10.1. The van der Waals surface area contributed by atoms with Crippen LogP contribution in [0.15, 0.2) is 66.9 Å². The fourth-order valence-electron chi connectivity index (χ4n) is 3.59. The van der Waals surface area contributed by atoms with E-state index in [1.165, 1.54) is 32.4 Å². The molecule has 0 spiro atoms. The summed E-state index contributed by atoms with van der Waals surface area (Å²) in [5.74, 6) is -2.94. The Kier molecular flexibility index (Phi) is 9.02. The minimum Gasteiger partial charge on any atom is -0.473 e. The van der Waals surface area contributed by atoms with Crippen molar-refractivity contribution in [2.24, 2.45) is 0 Å². The first kappa shape index (κ1) is 24.0. The van der Waals surface area contributed by atoms with E-state index in [0.29, 0.717) is 12.5 Å². The second kappa shape index (κ2) is 12.4. The average Bonchev–Trinajstić information content (AvgIpc) is 3.27. The van der Waals surface area contributed by atoms with Crippen LogP contribution >= 0.6 is 0 Å². The van der Waals surface area contributed by atoms with Crippen molar-refractivity contribution in [3.63, 3.8) is 0 Å². The Morgan fingerprint density at radius 1 is 0.848 bits per heavy atom. The van der Waals surface area contributed by atoms with Crippen molar-refractivity contribution in [3.8, 4) is 17.0 Å². The smallest absolute Gasteiger partial charge is 0.414 e. The number of nitrogens with zero attached hydrogens (tertiary/aromatic N) is 3. The van der Waals surface area contributed by atoms with Gasteiger partial charge in [-0.15, -0.1) is 5.10 Å². The van der Waals surface area contributed by atoms with Crippen molar-refractivity contribution < 1.29 is 24.5 Å². The first-order valence-corrected chi connectivity index (χ1v) is 11.0. The lowest BCUT2D eigenvalue weighted by Crippen LogP contribution is -2.32. The molecule has 2 N–H and O–H groups in total. The molecule has 1 fully saturated rings. The van der Waals surface area contributed by atoms with Gasteiger partial charge in [0.05, 0.1) is 12.1 Å². The predicted octanol–water partition coefficient (Wildman–Crippen LogP) is 3.77. The molecule has 0 radical (unpaired) electrons. The van der Waals surface area contributed by atoms with Gasteiger partial charge in [-0.05, 0) is 37.1 Å². The van der Waals surface area contributed by atoms with Gasteiger partial charge in [-0.25, -0.2) is 9.59 Å². The van der Waals surface area contributed by atoms with Crippen LogP contribution in [0.5, 0.6) is 5.88 Å². The van der Waals surface area contributed by atoms with Gasteiger partial charge in [0, 0.05) is 12.7 Å². The van der Waals surface area contributed by atoms with Crippen molar-refractivity contribution in [3.05, 3.63) is 72.4 Å². The lowest BCUT2D eigenvalue weighted by Gasteiger charge is -2.26. The maximum absolute atomic E-state index is 9.10. The molecule has 174 valence electrons. The third-order valence-electron chi connectivity index (χ3n) is 5.31. The summed E-state index contributed by atoms with van der Waals surface area (Å²) >= 11 is 0. The molecule has 1 aliphatic heterocycles. The Balaban J connectivity index is 0.000000454. The van der Waals surface area contributed by atoms with Crippen LogP contribution in [0, 0.1) is 0 Å². The normalized spacial score (nSPS) is 13.6. The Morgan fingerprint density at radius 2 is 1.45 bits per heavy atom. The Hall–Kier alpha value is -3.65. The zero-order valence-electron chi connectivity index (χ0n) is 18.5. The predicted molar refractivity (Wildman–Crippen MR) is 124 cm³/mol. The molecule has 4 rings (SSSR count). The van der Waals surface area contributed by atoms with Gasteiger partial charge >= 0.3 is 11.9 Å². The van der Waals surface area contributed by atoms with Crippen LogP contribution in [0.4, 0.5) is 0 Å². The molecule has 1 aliphatic rings. The summed E-state index contributed by atoms with van der Waals surface area (Å²) < 4.78 is 8.14. The number of piperidine rings is 1. The van der Waals surface area contributed by atoms with E-state index in [0.717, 1.165) is 29.8 Å². The Bertz CT molecular complexity index is 1000. The van der Waals surface area contributed by atoms with Crippen molar-refractivity contribution in [2.75, 3.05) is 19.6 Å². The van der Waals surface area contributed by atoms with Crippen molar-refractivity contribution in [1.82, 2.24) is 14.7 Å². The zero-order valence-corrected chi connectivity index (χ0v) is 18.5. The van der Waals surface area contributed by atoms with E-state index in [1.54, 1.807) is 0 Å². The second-order valence-electron chi connectivity index (χ2n) is 7.76. The van der Waals surface area contributed by atoms with Gasteiger partial charge < -0.3 is 19.8 Å². The molecule has 2 heterocycles. The van der Waals surface area contributed by atoms with Crippen molar-refractivity contribution >= 4 is 11.9 Å². The summed E-state index contributed by atoms with van der Waals surface area (Å²) in [6, 6.07) is 20.6. The number of carboxylic acid groups (broad SMARTS) is 2. The minimum absolute atomic E-state index is 0.532. The van der Waals surface area contributed by atoms with Gasteiger partial charge in [-0.3, -0.25) is 4.68 Å². The maximum atomic E-state index is 9.10. The summed E-state index contributed by atoms with van der Waals surface area (Å²) in [4.78, 5) is 20.7. The molecule has 1 saturated heterocycles. The van der Waals surface area contributed by atoms with Gasteiger partial charge in [0.2, 0.25) is 5.88 Å². The molecule has 0 unspecified atom stereocenters. The van der Waals surface area contributed by atoms with Crippen LogP contribution in [-0.2, 0) is 22.7 Å². The van der Waals surface area contributed by atoms with E-state index in [9.17, 15) is 0 Å². The lowest BCUT2D eigenvalue weighted by molar-refractivity contribution is -0.159. The fraction of sp³-hybridized carbons (Fsp3) is 0.320. The summed E-state index contributed by atoms with van der Waals surface area (Å²) in [5.41, 5.74) is 3.36. The van der Waals surface area contributed by atoms with Gasteiger partial charge in [0.25, 0.3) is 0 Å². The van der Waals surface area contributed by atoms with Crippen LogP contribution in [0.1, 0.15) is 24.8 Å². The Labute approximate surface area is 193 Å². The van der Waals surface area contributed by atoms with Gasteiger partial charge in [-0.1, -0.05) is 67.1 Å². The molecule has 0 bridgehead atoms. The largest absolute Gasteiger partial charge is 0.473 e. The highest BCUT2D eigenvalue weighted by atomic mass is 16.5. The summed E-state index contributed by atoms with van der Waals surface area (Å²) in [5, 5.41) is 19.5. The second-order valence-corrected chi connectivity index (χ2v) is 7.76. The van der Waals surface area contributed by atoms with E-state index < -0.39 is 11.9 Å². The van der Waals surface area contributed by atoms with E-state index in [-0.39, 0.29) is 0 Å². The zero-order chi connectivity index (χ0) is 23.5. The molecular weight excluding hydrogens is 422 g/mol. The Morgan fingerprint density at radius 3 is 2.06 bits per heavy atom. The van der Waals surface area contributed by atoms with E-state index in [2.05, 4.69) is 47.5 Å². The first-order valence-electron chi connectivity index (χ1n) is 11.0. The summed E-state index contributed by atoms with van der Waals surface area (Å²) in [7, 11) is 0. The molecule has 0 saturated carbocycles. The van der Waals surface area contributed by atoms with Crippen LogP contribution < -0.4 is 4.74 Å². The molecule has 8 heteroatoms. The molecule has 1 aromatic heterocycles. The topological polar surface area (TPSA) is 105 Å². The highest BCUT2D eigenvalue weighted by Crippen LogP contribution is 2.29. The maximum Gasteiger partial charge on any atom is 0.414 e. The van der Waals surface area contributed by atoms with Crippen LogP contribution in [0.25, 0.3) is 11.1 Å². The number of aliphatic carboxylic acids is 2.